The van der Waals surface area contributed by atoms with Crippen LogP contribution in [0.1, 0.15) is 50.5 Å². The summed E-state index contributed by atoms with van der Waals surface area (Å²) in [5.41, 5.74) is 5.66. The van der Waals surface area contributed by atoms with Crippen LogP contribution < -0.4 is 14.9 Å². The first-order valence-corrected chi connectivity index (χ1v) is 15.7. The number of rotatable bonds is 8. The van der Waals surface area contributed by atoms with Gasteiger partial charge in [0.25, 0.3) is 0 Å². The normalized spacial score (nSPS) is 19.0. The molecule has 1 aliphatic heterocycles. The number of nitrogens with zero attached hydrogens (tertiary/aromatic N) is 2. The molecule has 208 valence electrons. The van der Waals surface area contributed by atoms with Gasteiger partial charge in [0.05, 0.1) is 16.2 Å². The lowest BCUT2D eigenvalue weighted by Crippen LogP contribution is -2.44. The zero-order valence-electron chi connectivity index (χ0n) is 22.7. The average Bonchev–Trinajstić information content (AvgIpc) is 3.73. The SMILES string of the molecule is CN1CCN(c2ccc(NC(=C3CCCCC3)c3c(O)[nH]c4ccc(S(=O)(=O)NCC5CC5)cc34)cc2)CC1. The first-order chi connectivity index (χ1) is 18.9. The molecule has 3 aliphatic rings. The van der Waals surface area contributed by atoms with Crippen LogP contribution in [-0.4, -0.2) is 63.2 Å². The van der Waals surface area contributed by atoms with Crippen molar-refractivity contribution >= 4 is 38.0 Å². The molecular formula is C30H39N5O3S. The second-order valence-electron chi connectivity index (χ2n) is 11.4. The first kappa shape index (κ1) is 26.2. The number of anilines is 2. The maximum atomic E-state index is 13.1. The van der Waals surface area contributed by atoms with E-state index < -0.39 is 10.0 Å². The predicted octanol–water partition coefficient (Wildman–Crippen LogP) is 5.10. The largest absolute Gasteiger partial charge is 0.494 e. The summed E-state index contributed by atoms with van der Waals surface area (Å²) in [6.07, 6.45) is 7.48. The van der Waals surface area contributed by atoms with Gasteiger partial charge >= 0.3 is 0 Å². The standard InChI is InChI=1S/C30H39N5O3S/c1-34-15-17-35(18-16-34)24-11-9-23(10-12-24)32-29(22-5-3-2-4-6-22)28-26-19-25(13-14-27(26)33-30(28)36)39(37,38)31-20-21-7-8-21/h9-14,19,21,31-33,36H,2-8,15-18,20H2,1H3. The second kappa shape index (κ2) is 10.9. The molecule has 1 aromatic heterocycles. The van der Waals surface area contributed by atoms with Crippen molar-refractivity contribution < 1.29 is 13.5 Å². The van der Waals surface area contributed by atoms with Crippen LogP contribution in [0.25, 0.3) is 16.6 Å². The third kappa shape index (κ3) is 5.81. The molecule has 8 nitrogen and oxygen atoms in total. The molecule has 39 heavy (non-hydrogen) atoms. The lowest BCUT2D eigenvalue weighted by atomic mass is 9.91. The number of likely N-dealkylation sites (N-methyl/N-ethyl adjacent to an activating group) is 1. The fourth-order valence-corrected chi connectivity index (χ4v) is 6.87. The highest BCUT2D eigenvalue weighted by Gasteiger charge is 2.26. The molecule has 1 saturated heterocycles. The first-order valence-electron chi connectivity index (χ1n) is 14.2. The zero-order chi connectivity index (χ0) is 27.0. The van der Waals surface area contributed by atoms with Crippen LogP contribution in [-0.2, 0) is 10.0 Å². The maximum Gasteiger partial charge on any atom is 0.240 e. The van der Waals surface area contributed by atoms with Crippen molar-refractivity contribution in [2.75, 3.05) is 50.0 Å². The molecule has 3 aromatic rings. The summed E-state index contributed by atoms with van der Waals surface area (Å²) in [6.45, 7) is 4.63. The third-order valence-electron chi connectivity index (χ3n) is 8.39. The van der Waals surface area contributed by atoms with E-state index in [0.29, 0.717) is 28.9 Å². The van der Waals surface area contributed by atoms with Gasteiger partial charge in [-0.05, 0) is 99.5 Å². The van der Waals surface area contributed by atoms with Crippen molar-refractivity contribution in [2.24, 2.45) is 5.92 Å². The van der Waals surface area contributed by atoms with E-state index in [1.165, 1.54) is 17.7 Å². The lowest BCUT2D eigenvalue weighted by Gasteiger charge is -2.34. The van der Waals surface area contributed by atoms with Crippen LogP contribution >= 0.6 is 0 Å². The summed E-state index contributed by atoms with van der Waals surface area (Å²) >= 11 is 0. The van der Waals surface area contributed by atoms with Crippen LogP contribution in [0.15, 0.2) is 52.9 Å². The molecule has 3 fully saturated rings. The number of H-pyrrole nitrogens is 1. The van der Waals surface area contributed by atoms with Crippen molar-refractivity contribution in [3.8, 4) is 5.88 Å². The summed E-state index contributed by atoms with van der Waals surface area (Å²) in [6, 6.07) is 13.6. The minimum atomic E-state index is -3.63. The fraction of sp³-hybridized carbons (Fsp3) is 0.467. The molecule has 6 rings (SSSR count). The van der Waals surface area contributed by atoms with E-state index in [4.69, 9.17) is 0 Å². The van der Waals surface area contributed by atoms with E-state index in [1.807, 2.05) is 0 Å². The molecule has 0 amide bonds. The van der Waals surface area contributed by atoms with Gasteiger partial charge in [0.15, 0.2) is 5.88 Å². The van der Waals surface area contributed by atoms with E-state index in [1.54, 1.807) is 18.2 Å². The Bertz CT molecular complexity index is 1460. The fourth-order valence-electron chi connectivity index (χ4n) is 5.73. The van der Waals surface area contributed by atoms with Crippen LogP contribution in [0.4, 0.5) is 11.4 Å². The number of nitrogens with one attached hydrogen (secondary N) is 3. The minimum Gasteiger partial charge on any atom is -0.494 e. The van der Waals surface area contributed by atoms with Gasteiger partial charge in [0.2, 0.25) is 10.0 Å². The lowest BCUT2D eigenvalue weighted by molar-refractivity contribution is 0.313. The van der Waals surface area contributed by atoms with E-state index in [-0.39, 0.29) is 10.8 Å². The van der Waals surface area contributed by atoms with Crippen LogP contribution in [0, 0.1) is 5.92 Å². The number of fused-ring (bicyclic) bond motifs is 1. The highest BCUT2D eigenvalue weighted by Crippen LogP contribution is 2.40. The molecular weight excluding hydrogens is 510 g/mol. The summed E-state index contributed by atoms with van der Waals surface area (Å²) in [5, 5.41) is 15.5. The van der Waals surface area contributed by atoms with Gasteiger partial charge in [-0.25, -0.2) is 13.1 Å². The van der Waals surface area contributed by atoms with Gasteiger partial charge in [-0.15, -0.1) is 0 Å². The van der Waals surface area contributed by atoms with Crippen LogP contribution in [0.2, 0.25) is 0 Å². The monoisotopic (exact) mass is 549 g/mol. The Labute approximate surface area is 231 Å². The number of hydrogen-bond acceptors (Lipinski definition) is 6. The van der Waals surface area contributed by atoms with E-state index in [0.717, 1.165) is 76.1 Å². The molecule has 0 radical (unpaired) electrons. The molecule has 9 heteroatoms. The van der Waals surface area contributed by atoms with Gasteiger partial charge in [0, 0.05) is 55.0 Å². The smallest absolute Gasteiger partial charge is 0.240 e. The summed E-state index contributed by atoms with van der Waals surface area (Å²) < 4.78 is 28.9. The van der Waals surface area contributed by atoms with E-state index >= 15 is 0 Å². The van der Waals surface area contributed by atoms with Gasteiger partial charge in [-0.1, -0.05) is 6.42 Å². The van der Waals surface area contributed by atoms with Crippen LogP contribution in [0.5, 0.6) is 5.88 Å². The third-order valence-corrected chi connectivity index (χ3v) is 9.81. The number of piperazine rings is 1. The van der Waals surface area contributed by atoms with Crippen molar-refractivity contribution in [2.45, 2.75) is 49.8 Å². The number of hydrogen-bond donors (Lipinski definition) is 4. The number of aromatic nitrogens is 1. The van der Waals surface area contributed by atoms with E-state index in [9.17, 15) is 13.5 Å². The Balaban J connectivity index is 1.34. The van der Waals surface area contributed by atoms with Crippen molar-refractivity contribution in [3.05, 3.63) is 53.6 Å². The average molecular weight is 550 g/mol. The molecule has 2 heterocycles. The molecule has 0 unspecified atom stereocenters. The molecule has 0 spiro atoms. The van der Waals surface area contributed by atoms with Gasteiger partial charge in [-0.2, -0.15) is 0 Å². The van der Waals surface area contributed by atoms with Crippen LogP contribution in [0.3, 0.4) is 0 Å². The Morgan fingerprint density at radius 2 is 1.72 bits per heavy atom. The van der Waals surface area contributed by atoms with Crippen molar-refractivity contribution in [3.63, 3.8) is 0 Å². The Kier molecular flexibility index (Phi) is 7.31. The quantitative estimate of drug-likeness (QED) is 0.312. The zero-order valence-corrected chi connectivity index (χ0v) is 23.5. The second-order valence-corrected chi connectivity index (χ2v) is 13.1. The topological polar surface area (TPSA) is 101 Å². The Morgan fingerprint density at radius 3 is 2.41 bits per heavy atom. The van der Waals surface area contributed by atoms with Crippen molar-refractivity contribution in [1.82, 2.24) is 14.6 Å². The predicted molar refractivity (Wildman–Crippen MR) is 158 cm³/mol. The number of aromatic amines is 1. The molecule has 2 aliphatic carbocycles. The van der Waals surface area contributed by atoms with Crippen molar-refractivity contribution in [1.29, 1.82) is 0 Å². The molecule has 2 aromatic carbocycles. The highest BCUT2D eigenvalue weighted by atomic mass is 32.2. The number of aromatic hydroxyl groups is 1. The summed E-state index contributed by atoms with van der Waals surface area (Å²) in [5.74, 6) is 0.505. The van der Waals surface area contributed by atoms with Gasteiger partial charge in [-0.3, -0.25) is 0 Å². The molecule has 0 atom stereocenters. The minimum absolute atomic E-state index is 0.0557. The number of allylic oxidation sites excluding steroid dienone is 1. The molecule has 2 saturated carbocycles. The van der Waals surface area contributed by atoms with Gasteiger partial charge in [0.1, 0.15) is 0 Å². The molecule has 4 N–H and O–H groups in total. The van der Waals surface area contributed by atoms with Gasteiger partial charge < -0.3 is 25.2 Å². The van der Waals surface area contributed by atoms with E-state index in [2.05, 4.69) is 56.1 Å². The highest BCUT2D eigenvalue weighted by molar-refractivity contribution is 7.89. The summed E-state index contributed by atoms with van der Waals surface area (Å²) in [7, 11) is -1.47. The molecule has 0 bridgehead atoms. The number of benzene rings is 2. The Morgan fingerprint density at radius 1 is 1.00 bits per heavy atom. The number of sulfonamides is 1. The Hall–Kier alpha value is -3.01. The maximum absolute atomic E-state index is 13.1. The summed E-state index contributed by atoms with van der Waals surface area (Å²) in [4.78, 5) is 8.07.